The number of rotatable bonds is 4. The summed E-state index contributed by atoms with van der Waals surface area (Å²) in [5, 5.41) is 4.15. The third kappa shape index (κ3) is 3.33. The standard InChI is InChI=1S/C21H21N3O/c25-20(15-17-8-5-7-16-9-6-12-22-21(16)17)23-18-10-1-2-11-19(18)24-13-3-4-14-24/h1-2,5-12H,3-4,13-15H2,(H,23,25). The number of nitrogens with zero attached hydrogens (tertiary/aromatic N) is 2. The van der Waals surface area contributed by atoms with Crippen molar-refractivity contribution in [2.24, 2.45) is 0 Å². The first-order valence-electron chi connectivity index (χ1n) is 8.78. The van der Waals surface area contributed by atoms with Gasteiger partial charge < -0.3 is 10.2 Å². The smallest absolute Gasteiger partial charge is 0.228 e. The number of fused-ring (bicyclic) bond motifs is 1. The molecule has 3 aromatic rings. The summed E-state index contributed by atoms with van der Waals surface area (Å²) in [4.78, 5) is 19.4. The van der Waals surface area contributed by atoms with Crippen LogP contribution in [0.3, 0.4) is 0 Å². The van der Waals surface area contributed by atoms with Crippen LogP contribution in [0.15, 0.2) is 60.8 Å². The van der Waals surface area contributed by atoms with Crippen molar-refractivity contribution in [3.05, 3.63) is 66.4 Å². The summed E-state index contributed by atoms with van der Waals surface area (Å²) in [6.07, 6.45) is 4.52. The minimum atomic E-state index is -0.00944. The zero-order valence-corrected chi connectivity index (χ0v) is 14.1. The fraction of sp³-hybridized carbons (Fsp3) is 0.238. The second-order valence-corrected chi connectivity index (χ2v) is 6.43. The molecule has 1 N–H and O–H groups in total. The van der Waals surface area contributed by atoms with Crippen molar-refractivity contribution in [2.45, 2.75) is 19.3 Å². The molecule has 4 rings (SSSR count). The van der Waals surface area contributed by atoms with Gasteiger partial charge in [-0.15, -0.1) is 0 Å². The van der Waals surface area contributed by atoms with Gasteiger partial charge in [0.25, 0.3) is 0 Å². The van der Waals surface area contributed by atoms with E-state index in [2.05, 4.69) is 21.3 Å². The number of aromatic nitrogens is 1. The van der Waals surface area contributed by atoms with Crippen molar-refractivity contribution in [2.75, 3.05) is 23.3 Å². The molecule has 1 aliphatic heterocycles. The van der Waals surface area contributed by atoms with Gasteiger partial charge in [0.15, 0.2) is 0 Å². The van der Waals surface area contributed by atoms with Crippen LogP contribution in [0.5, 0.6) is 0 Å². The van der Waals surface area contributed by atoms with Gasteiger partial charge in [-0.05, 0) is 36.6 Å². The Bertz CT molecular complexity index is 895. The molecular weight excluding hydrogens is 310 g/mol. The largest absolute Gasteiger partial charge is 0.370 e. The van der Waals surface area contributed by atoms with Crippen LogP contribution in [0, 0.1) is 0 Å². The van der Waals surface area contributed by atoms with E-state index in [1.807, 2.05) is 48.5 Å². The monoisotopic (exact) mass is 331 g/mol. The van der Waals surface area contributed by atoms with Crippen molar-refractivity contribution in [3.8, 4) is 0 Å². The highest BCUT2D eigenvalue weighted by Crippen LogP contribution is 2.29. The van der Waals surface area contributed by atoms with Gasteiger partial charge in [0.1, 0.15) is 0 Å². The van der Waals surface area contributed by atoms with E-state index in [1.54, 1.807) is 6.20 Å². The van der Waals surface area contributed by atoms with E-state index in [4.69, 9.17) is 0 Å². The Labute approximate surface area is 147 Å². The molecule has 1 aliphatic rings. The molecule has 126 valence electrons. The Morgan fingerprint density at radius 3 is 2.68 bits per heavy atom. The Morgan fingerprint density at radius 1 is 1.00 bits per heavy atom. The molecular formula is C21H21N3O. The van der Waals surface area contributed by atoms with E-state index >= 15 is 0 Å². The predicted molar refractivity (Wildman–Crippen MR) is 102 cm³/mol. The quantitative estimate of drug-likeness (QED) is 0.785. The highest BCUT2D eigenvalue weighted by Gasteiger charge is 2.17. The summed E-state index contributed by atoms with van der Waals surface area (Å²) < 4.78 is 0. The normalized spacial score (nSPS) is 14.0. The molecule has 1 aromatic heterocycles. The SMILES string of the molecule is O=C(Cc1cccc2cccnc12)Nc1ccccc1N1CCCC1. The molecule has 1 fully saturated rings. The molecule has 0 bridgehead atoms. The van der Waals surface area contributed by atoms with Crippen molar-refractivity contribution < 1.29 is 4.79 Å². The van der Waals surface area contributed by atoms with Crippen LogP contribution in [0.2, 0.25) is 0 Å². The van der Waals surface area contributed by atoms with Gasteiger partial charge in [-0.3, -0.25) is 9.78 Å². The third-order valence-corrected chi connectivity index (χ3v) is 4.69. The maximum absolute atomic E-state index is 12.6. The maximum Gasteiger partial charge on any atom is 0.228 e. The summed E-state index contributed by atoms with van der Waals surface area (Å²) in [6.45, 7) is 2.11. The number of nitrogens with one attached hydrogen (secondary N) is 1. The molecule has 25 heavy (non-hydrogen) atoms. The number of hydrogen-bond donors (Lipinski definition) is 1. The van der Waals surface area contributed by atoms with Crippen molar-refractivity contribution in [3.63, 3.8) is 0 Å². The molecule has 0 radical (unpaired) electrons. The molecule has 4 nitrogen and oxygen atoms in total. The van der Waals surface area contributed by atoms with Crippen LogP contribution < -0.4 is 10.2 Å². The Kier molecular flexibility index (Phi) is 4.34. The molecule has 0 aliphatic carbocycles. The average molecular weight is 331 g/mol. The lowest BCUT2D eigenvalue weighted by atomic mass is 10.1. The van der Waals surface area contributed by atoms with E-state index in [1.165, 1.54) is 12.8 Å². The van der Waals surface area contributed by atoms with E-state index < -0.39 is 0 Å². The van der Waals surface area contributed by atoms with Crippen molar-refractivity contribution >= 4 is 28.2 Å². The minimum Gasteiger partial charge on any atom is -0.370 e. The van der Waals surface area contributed by atoms with Gasteiger partial charge in [-0.25, -0.2) is 0 Å². The lowest BCUT2D eigenvalue weighted by Gasteiger charge is -2.21. The third-order valence-electron chi connectivity index (χ3n) is 4.69. The number of carbonyl (C=O) groups is 1. The van der Waals surface area contributed by atoms with Crippen LogP contribution >= 0.6 is 0 Å². The maximum atomic E-state index is 12.6. The summed E-state index contributed by atoms with van der Waals surface area (Å²) in [5.41, 5.74) is 3.86. The van der Waals surface area contributed by atoms with Crippen molar-refractivity contribution in [1.82, 2.24) is 4.98 Å². The molecule has 0 unspecified atom stereocenters. The van der Waals surface area contributed by atoms with Gasteiger partial charge in [0.2, 0.25) is 5.91 Å². The van der Waals surface area contributed by atoms with Crippen LogP contribution in [-0.4, -0.2) is 24.0 Å². The fourth-order valence-electron chi connectivity index (χ4n) is 3.49. The first kappa shape index (κ1) is 15.6. The molecule has 0 saturated carbocycles. The Balaban J connectivity index is 1.55. The molecule has 2 heterocycles. The van der Waals surface area contributed by atoms with E-state index in [0.717, 1.165) is 40.9 Å². The molecule has 0 atom stereocenters. The first-order valence-corrected chi connectivity index (χ1v) is 8.78. The lowest BCUT2D eigenvalue weighted by molar-refractivity contribution is -0.115. The molecule has 2 aromatic carbocycles. The molecule has 1 amide bonds. The van der Waals surface area contributed by atoms with Gasteiger partial charge in [-0.2, -0.15) is 0 Å². The van der Waals surface area contributed by atoms with E-state index in [-0.39, 0.29) is 5.91 Å². The van der Waals surface area contributed by atoms with E-state index in [0.29, 0.717) is 6.42 Å². The van der Waals surface area contributed by atoms with Crippen LogP contribution in [0.4, 0.5) is 11.4 Å². The van der Waals surface area contributed by atoms with Gasteiger partial charge >= 0.3 is 0 Å². The number of para-hydroxylation sites is 3. The minimum absolute atomic E-state index is 0.00944. The molecule has 4 heteroatoms. The first-order chi connectivity index (χ1) is 12.3. The Hall–Kier alpha value is -2.88. The number of pyridine rings is 1. The summed E-state index contributed by atoms with van der Waals surface area (Å²) in [6, 6.07) is 18.0. The molecule has 0 spiro atoms. The zero-order chi connectivity index (χ0) is 17.1. The van der Waals surface area contributed by atoms with E-state index in [9.17, 15) is 4.79 Å². The topological polar surface area (TPSA) is 45.2 Å². The van der Waals surface area contributed by atoms with Crippen LogP contribution in [0.1, 0.15) is 18.4 Å². The highest BCUT2D eigenvalue weighted by molar-refractivity contribution is 5.97. The van der Waals surface area contributed by atoms with Gasteiger partial charge in [0, 0.05) is 24.7 Å². The number of benzene rings is 2. The summed E-state index contributed by atoms with van der Waals surface area (Å²) in [7, 11) is 0. The lowest BCUT2D eigenvalue weighted by Crippen LogP contribution is -2.21. The summed E-state index contributed by atoms with van der Waals surface area (Å²) in [5.74, 6) is -0.00944. The summed E-state index contributed by atoms with van der Waals surface area (Å²) >= 11 is 0. The van der Waals surface area contributed by atoms with Gasteiger partial charge in [0.05, 0.1) is 23.3 Å². The van der Waals surface area contributed by atoms with Gasteiger partial charge in [-0.1, -0.05) is 36.4 Å². The predicted octanol–water partition coefficient (Wildman–Crippen LogP) is 4.02. The van der Waals surface area contributed by atoms with Crippen LogP contribution in [-0.2, 0) is 11.2 Å². The number of anilines is 2. The highest BCUT2D eigenvalue weighted by atomic mass is 16.1. The fourth-order valence-corrected chi connectivity index (χ4v) is 3.49. The number of amides is 1. The van der Waals surface area contributed by atoms with Crippen molar-refractivity contribution in [1.29, 1.82) is 0 Å². The van der Waals surface area contributed by atoms with Crippen LogP contribution in [0.25, 0.3) is 10.9 Å². The number of hydrogen-bond acceptors (Lipinski definition) is 3. The number of carbonyl (C=O) groups excluding carboxylic acids is 1. The average Bonchev–Trinajstić information content (AvgIpc) is 3.17. The molecule has 1 saturated heterocycles. The Morgan fingerprint density at radius 2 is 1.80 bits per heavy atom. The second kappa shape index (κ2) is 6.93. The second-order valence-electron chi connectivity index (χ2n) is 6.43. The zero-order valence-electron chi connectivity index (χ0n) is 14.1.